The largest absolute Gasteiger partial charge is 0.384 e. The van der Waals surface area contributed by atoms with Gasteiger partial charge in [0, 0.05) is 17.5 Å². The van der Waals surface area contributed by atoms with Gasteiger partial charge in [0.05, 0.1) is 5.75 Å². The molecule has 0 radical (unpaired) electrons. The predicted molar refractivity (Wildman–Crippen MR) is 92.0 cm³/mol. The number of aromatic amines is 1. The van der Waals surface area contributed by atoms with Crippen molar-refractivity contribution >= 4 is 23.4 Å². The molecule has 0 amide bonds. The molecule has 134 valence electrons. The number of nitrogens with two attached hydrogens (primary N) is 1. The van der Waals surface area contributed by atoms with Crippen molar-refractivity contribution in [2.24, 2.45) is 5.92 Å². The molecule has 0 saturated carbocycles. The van der Waals surface area contributed by atoms with Crippen molar-refractivity contribution in [2.75, 3.05) is 11.5 Å². The lowest BCUT2D eigenvalue weighted by Gasteiger charge is -2.13. The lowest BCUT2D eigenvalue weighted by atomic mass is 10.2. The Bertz CT molecular complexity index is 922. The molecule has 0 unspecified atom stereocenters. The third-order valence-corrected chi connectivity index (χ3v) is 4.37. The van der Waals surface area contributed by atoms with E-state index in [4.69, 9.17) is 5.73 Å². The molecule has 1 aromatic heterocycles. The Morgan fingerprint density at radius 1 is 1.32 bits per heavy atom. The quantitative estimate of drug-likeness (QED) is 0.600. The number of carbonyl (C=O) groups is 1. The highest BCUT2D eigenvalue weighted by Crippen LogP contribution is 2.23. The van der Waals surface area contributed by atoms with Crippen LogP contribution >= 0.6 is 11.8 Å². The molecule has 0 spiro atoms. The Labute approximate surface area is 146 Å². The number of ketones is 1. The van der Waals surface area contributed by atoms with Crippen LogP contribution in [0, 0.1) is 17.6 Å². The van der Waals surface area contributed by atoms with Crippen LogP contribution in [0.2, 0.25) is 0 Å². The van der Waals surface area contributed by atoms with E-state index in [0.717, 1.165) is 22.4 Å². The summed E-state index contributed by atoms with van der Waals surface area (Å²) in [4.78, 5) is 38.3. The summed E-state index contributed by atoms with van der Waals surface area (Å²) in [6.45, 7) is 3.94. The number of anilines is 1. The van der Waals surface area contributed by atoms with Gasteiger partial charge >= 0.3 is 5.69 Å². The molecule has 0 bridgehead atoms. The molecule has 0 aliphatic rings. The number of rotatable bonds is 6. The van der Waals surface area contributed by atoms with Gasteiger partial charge in [-0.15, -0.1) is 11.8 Å². The second kappa shape index (κ2) is 7.64. The number of carbonyl (C=O) groups excluding carboxylic acids is 1. The van der Waals surface area contributed by atoms with Gasteiger partial charge in [-0.3, -0.25) is 19.1 Å². The molecule has 1 heterocycles. The summed E-state index contributed by atoms with van der Waals surface area (Å²) >= 11 is 0.813. The van der Waals surface area contributed by atoms with E-state index < -0.39 is 28.7 Å². The molecule has 3 N–H and O–H groups in total. The van der Waals surface area contributed by atoms with Gasteiger partial charge in [-0.1, -0.05) is 13.8 Å². The number of aromatic nitrogens is 2. The van der Waals surface area contributed by atoms with Gasteiger partial charge in [0.2, 0.25) is 0 Å². The summed E-state index contributed by atoms with van der Waals surface area (Å²) in [5.74, 6) is -2.61. The summed E-state index contributed by atoms with van der Waals surface area (Å²) in [6.07, 6.45) is 0. The van der Waals surface area contributed by atoms with Crippen molar-refractivity contribution in [3.05, 3.63) is 56.2 Å². The zero-order chi connectivity index (χ0) is 18.7. The van der Waals surface area contributed by atoms with Crippen LogP contribution in [-0.2, 0) is 6.54 Å². The number of hydrogen-bond acceptors (Lipinski definition) is 5. The molecule has 0 aliphatic carbocycles. The Balaban J connectivity index is 2.30. The number of hydrogen-bond donors (Lipinski definition) is 2. The summed E-state index contributed by atoms with van der Waals surface area (Å²) in [6, 6.07) is 2.98. The lowest BCUT2D eigenvalue weighted by Crippen LogP contribution is -2.37. The summed E-state index contributed by atoms with van der Waals surface area (Å²) in [5.41, 5.74) is 3.93. The molecule has 6 nitrogen and oxygen atoms in total. The zero-order valence-electron chi connectivity index (χ0n) is 13.6. The van der Waals surface area contributed by atoms with E-state index in [0.29, 0.717) is 6.07 Å². The van der Waals surface area contributed by atoms with Crippen molar-refractivity contribution in [3.63, 3.8) is 0 Å². The number of nitrogens with zero attached hydrogens (tertiary/aromatic N) is 1. The van der Waals surface area contributed by atoms with Crippen molar-refractivity contribution in [1.82, 2.24) is 9.55 Å². The minimum atomic E-state index is -0.882. The van der Waals surface area contributed by atoms with Crippen LogP contribution in [0.5, 0.6) is 0 Å². The minimum absolute atomic E-state index is 0.0662. The zero-order valence-corrected chi connectivity index (χ0v) is 14.5. The summed E-state index contributed by atoms with van der Waals surface area (Å²) in [5, 5.41) is 0. The highest BCUT2D eigenvalue weighted by molar-refractivity contribution is 8.00. The molecule has 0 fully saturated rings. The first-order chi connectivity index (χ1) is 11.7. The predicted octanol–water partition coefficient (Wildman–Crippen LogP) is 2.03. The number of halogens is 2. The number of thioether (sulfide) groups is 1. The van der Waals surface area contributed by atoms with Crippen LogP contribution in [0.25, 0.3) is 0 Å². The highest BCUT2D eigenvalue weighted by atomic mass is 32.2. The number of H-pyrrole nitrogens is 1. The van der Waals surface area contributed by atoms with E-state index in [9.17, 15) is 23.2 Å². The maximum Gasteiger partial charge on any atom is 0.329 e. The van der Waals surface area contributed by atoms with Crippen LogP contribution in [0.1, 0.15) is 24.2 Å². The van der Waals surface area contributed by atoms with Gasteiger partial charge in [-0.25, -0.2) is 13.6 Å². The van der Waals surface area contributed by atoms with Gasteiger partial charge in [-0.2, -0.15) is 0 Å². The Morgan fingerprint density at radius 3 is 2.60 bits per heavy atom. The van der Waals surface area contributed by atoms with E-state index in [2.05, 4.69) is 4.98 Å². The third-order valence-electron chi connectivity index (χ3n) is 3.32. The second-order valence-corrected chi connectivity index (χ2v) is 6.83. The number of benzene rings is 1. The summed E-state index contributed by atoms with van der Waals surface area (Å²) in [7, 11) is 0. The molecule has 2 aromatic rings. The molecule has 1 aromatic carbocycles. The smallest absolute Gasteiger partial charge is 0.329 e. The van der Waals surface area contributed by atoms with Gasteiger partial charge < -0.3 is 5.73 Å². The van der Waals surface area contributed by atoms with Crippen LogP contribution < -0.4 is 17.0 Å². The fraction of sp³-hybridized carbons (Fsp3) is 0.312. The van der Waals surface area contributed by atoms with E-state index >= 15 is 0 Å². The van der Waals surface area contributed by atoms with E-state index in [1.807, 2.05) is 13.8 Å². The third kappa shape index (κ3) is 4.36. The van der Waals surface area contributed by atoms with E-state index in [-0.39, 0.29) is 34.5 Å². The lowest BCUT2D eigenvalue weighted by molar-refractivity contribution is 0.102. The van der Waals surface area contributed by atoms with Crippen LogP contribution in [0.15, 0.2) is 32.7 Å². The maximum atomic E-state index is 13.6. The topological polar surface area (TPSA) is 97.9 Å². The summed E-state index contributed by atoms with van der Waals surface area (Å²) < 4.78 is 27.6. The van der Waals surface area contributed by atoms with Crippen molar-refractivity contribution in [1.29, 1.82) is 0 Å². The normalized spacial score (nSPS) is 11.1. The number of Topliss-reactive ketones (excluding diaryl/α,β-unsaturated/α-hetero) is 1. The van der Waals surface area contributed by atoms with Crippen molar-refractivity contribution in [3.8, 4) is 0 Å². The molecule has 9 heteroatoms. The molecule has 25 heavy (non-hydrogen) atoms. The average Bonchev–Trinajstić information content (AvgIpc) is 2.50. The first-order valence-corrected chi connectivity index (χ1v) is 8.43. The first kappa shape index (κ1) is 18.9. The van der Waals surface area contributed by atoms with Gasteiger partial charge in [0.15, 0.2) is 5.78 Å². The molecule has 0 aliphatic heterocycles. The van der Waals surface area contributed by atoms with Crippen LogP contribution in [0.3, 0.4) is 0 Å². The number of nitrogen functional groups attached to an aromatic ring is 1. The maximum absolute atomic E-state index is 13.6. The van der Waals surface area contributed by atoms with Crippen molar-refractivity contribution in [2.45, 2.75) is 25.3 Å². The van der Waals surface area contributed by atoms with Crippen LogP contribution in [-0.4, -0.2) is 21.1 Å². The second-order valence-electron chi connectivity index (χ2n) is 5.81. The monoisotopic (exact) mass is 369 g/mol. The van der Waals surface area contributed by atoms with Gasteiger partial charge in [0.25, 0.3) is 5.56 Å². The highest BCUT2D eigenvalue weighted by Gasteiger charge is 2.20. The SMILES string of the molecule is CC(C)Cn1c(N)c(C(=O)CSc2ccc(F)cc2F)c(=O)[nH]c1=O. The molecule has 0 atom stereocenters. The molecule has 2 rings (SSSR count). The van der Waals surface area contributed by atoms with E-state index in [1.54, 1.807) is 0 Å². The van der Waals surface area contributed by atoms with Gasteiger partial charge in [0.1, 0.15) is 23.0 Å². The molecular formula is C16H17F2N3O3S. The fourth-order valence-corrected chi connectivity index (χ4v) is 3.00. The minimum Gasteiger partial charge on any atom is -0.384 e. The molecule has 0 saturated heterocycles. The van der Waals surface area contributed by atoms with E-state index in [1.165, 1.54) is 6.07 Å². The van der Waals surface area contributed by atoms with Crippen LogP contribution in [0.4, 0.5) is 14.6 Å². The number of nitrogens with one attached hydrogen (secondary N) is 1. The molecular weight excluding hydrogens is 352 g/mol. The fourth-order valence-electron chi connectivity index (χ4n) is 2.21. The Morgan fingerprint density at radius 2 is 2.00 bits per heavy atom. The van der Waals surface area contributed by atoms with Gasteiger partial charge in [-0.05, 0) is 18.1 Å². The first-order valence-electron chi connectivity index (χ1n) is 7.44. The average molecular weight is 369 g/mol. The Kier molecular flexibility index (Phi) is 5.78. The Hall–Kier alpha value is -2.42. The van der Waals surface area contributed by atoms with Crippen molar-refractivity contribution < 1.29 is 13.6 Å². The standard InChI is InChI=1S/C16H17F2N3O3S/c1-8(2)6-21-14(19)13(15(23)20-16(21)24)11(22)7-25-12-4-3-9(17)5-10(12)18/h3-5,8H,6-7,19H2,1-2H3,(H,20,23,24).